The van der Waals surface area contributed by atoms with Gasteiger partial charge in [-0.3, -0.25) is 9.59 Å². The van der Waals surface area contributed by atoms with Crippen LogP contribution in [0.4, 0.5) is 0 Å². The molecule has 0 spiro atoms. The van der Waals surface area contributed by atoms with Gasteiger partial charge in [-0.2, -0.15) is 0 Å². The standard InChI is InChI=1S/C16H26O4/c1-4-16(2,3)15(18)20-12-8-6-5-7-11(12)13-9-10-14(17)19-13/h11-13H,4-10H2,1-3H3. The lowest BCUT2D eigenvalue weighted by Crippen LogP contribution is -2.40. The van der Waals surface area contributed by atoms with Crippen molar-refractivity contribution in [1.29, 1.82) is 0 Å². The summed E-state index contributed by atoms with van der Waals surface area (Å²) < 4.78 is 11.2. The molecule has 1 aliphatic carbocycles. The maximum absolute atomic E-state index is 12.3. The van der Waals surface area contributed by atoms with Crippen molar-refractivity contribution in [1.82, 2.24) is 0 Å². The van der Waals surface area contributed by atoms with Crippen molar-refractivity contribution in [2.24, 2.45) is 11.3 Å². The minimum Gasteiger partial charge on any atom is -0.462 e. The number of hydrogen-bond donors (Lipinski definition) is 0. The van der Waals surface area contributed by atoms with Crippen LogP contribution in [0.25, 0.3) is 0 Å². The SMILES string of the molecule is CCC(C)(C)C(=O)OC1CCCCC1C1CCC(=O)O1. The predicted octanol–water partition coefficient (Wildman–Crippen LogP) is 3.23. The highest BCUT2D eigenvalue weighted by molar-refractivity contribution is 5.76. The summed E-state index contributed by atoms with van der Waals surface area (Å²) in [5.74, 6) is -0.0485. The molecular weight excluding hydrogens is 256 g/mol. The molecule has 3 atom stereocenters. The van der Waals surface area contributed by atoms with Gasteiger partial charge in [0, 0.05) is 12.3 Å². The van der Waals surface area contributed by atoms with Crippen molar-refractivity contribution in [2.75, 3.05) is 0 Å². The first-order valence-corrected chi connectivity index (χ1v) is 7.84. The molecule has 20 heavy (non-hydrogen) atoms. The van der Waals surface area contributed by atoms with Crippen molar-refractivity contribution in [3.63, 3.8) is 0 Å². The van der Waals surface area contributed by atoms with E-state index in [4.69, 9.17) is 9.47 Å². The van der Waals surface area contributed by atoms with Crippen LogP contribution in [0.1, 0.15) is 65.7 Å². The van der Waals surface area contributed by atoms with Crippen LogP contribution >= 0.6 is 0 Å². The van der Waals surface area contributed by atoms with Crippen molar-refractivity contribution >= 4 is 11.9 Å². The minimum atomic E-state index is -0.436. The zero-order valence-electron chi connectivity index (χ0n) is 12.8. The Morgan fingerprint density at radius 2 is 2.00 bits per heavy atom. The first kappa shape index (κ1) is 15.3. The summed E-state index contributed by atoms with van der Waals surface area (Å²) >= 11 is 0. The normalized spacial score (nSPS) is 30.9. The molecule has 1 saturated carbocycles. The maximum atomic E-state index is 12.3. The number of ether oxygens (including phenoxy) is 2. The lowest BCUT2D eigenvalue weighted by atomic mass is 9.81. The van der Waals surface area contributed by atoms with Gasteiger partial charge in [0.25, 0.3) is 0 Å². The number of cyclic esters (lactones) is 1. The molecule has 1 heterocycles. The van der Waals surface area contributed by atoms with Gasteiger partial charge in [0.05, 0.1) is 5.41 Å². The first-order chi connectivity index (χ1) is 9.44. The summed E-state index contributed by atoms with van der Waals surface area (Å²) in [6.45, 7) is 5.84. The van der Waals surface area contributed by atoms with Crippen LogP contribution < -0.4 is 0 Å². The Morgan fingerprint density at radius 3 is 2.60 bits per heavy atom. The third-order valence-electron chi connectivity index (χ3n) is 4.84. The van der Waals surface area contributed by atoms with E-state index in [1.54, 1.807) is 0 Å². The van der Waals surface area contributed by atoms with E-state index in [0.717, 1.165) is 38.5 Å². The summed E-state index contributed by atoms with van der Waals surface area (Å²) in [6.07, 6.45) is 6.00. The van der Waals surface area contributed by atoms with Crippen molar-refractivity contribution in [3.8, 4) is 0 Å². The summed E-state index contributed by atoms with van der Waals surface area (Å²) in [7, 11) is 0. The van der Waals surface area contributed by atoms with Crippen LogP contribution in [0.3, 0.4) is 0 Å². The molecule has 2 fully saturated rings. The van der Waals surface area contributed by atoms with Crippen LogP contribution in [0.5, 0.6) is 0 Å². The van der Waals surface area contributed by atoms with E-state index in [9.17, 15) is 9.59 Å². The highest BCUT2D eigenvalue weighted by Gasteiger charge is 2.40. The lowest BCUT2D eigenvalue weighted by molar-refractivity contribution is -0.168. The molecule has 4 heteroatoms. The molecule has 2 rings (SSSR count). The first-order valence-electron chi connectivity index (χ1n) is 7.84. The third-order valence-corrected chi connectivity index (χ3v) is 4.84. The Hall–Kier alpha value is -1.06. The zero-order chi connectivity index (χ0) is 14.8. The molecule has 2 aliphatic rings. The van der Waals surface area contributed by atoms with Gasteiger partial charge in [0.1, 0.15) is 12.2 Å². The number of rotatable bonds is 4. The third kappa shape index (κ3) is 3.33. The fourth-order valence-electron chi connectivity index (χ4n) is 2.99. The van der Waals surface area contributed by atoms with Crippen LogP contribution in [-0.2, 0) is 19.1 Å². The second-order valence-electron chi connectivity index (χ2n) is 6.70. The van der Waals surface area contributed by atoms with Gasteiger partial charge < -0.3 is 9.47 Å². The average molecular weight is 282 g/mol. The Balaban J connectivity index is 2.00. The summed E-state index contributed by atoms with van der Waals surface area (Å²) in [6, 6.07) is 0. The lowest BCUT2D eigenvalue weighted by Gasteiger charge is -2.35. The Kier molecular flexibility index (Phi) is 4.71. The molecular formula is C16H26O4. The van der Waals surface area contributed by atoms with Gasteiger partial charge in [0.15, 0.2) is 0 Å². The van der Waals surface area contributed by atoms with Crippen molar-refractivity contribution in [2.45, 2.75) is 77.9 Å². The Labute approximate surface area is 121 Å². The number of carbonyl (C=O) groups is 2. The number of carbonyl (C=O) groups excluding carboxylic acids is 2. The van der Waals surface area contributed by atoms with E-state index in [1.165, 1.54) is 0 Å². The average Bonchev–Trinajstić information content (AvgIpc) is 2.85. The van der Waals surface area contributed by atoms with E-state index < -0.39 is 5.41 Å². The van der Waals surface area contributed by atoms with Gasteiger partial charge in [-0.05, 0) is 46.0 Å². The van der Waals surface area contributed by atoms with Gasteiger partial charge >= 0.3 is 11.9 Å². The van der Waals surface area contributed by atoms with Crippen molar-refractivity contribution in [3.05, 3.63) is 0 Å². The monoisotopic (exact) mass is 282 g/mol. The largest absolute Gasteiger partial charge is 0.462 e. The van der Waals surface area contributed by atoms with E-state index in [0.29, 0.717) is 6.42 Å². The molecule has 114 valence electrons. The van der Waals surface area contributed by atoms with E-state index in [-0.39, 0.29) is 30.1 Å². The fourth-order valence-corrected chi connectivity index (χ4v) is 2.99. The molecule has 4 nitrogen and oxygen atoms in total. The second kappa shape index (κ2) is 6.15. The number of esters is 2. The van der Waals surface area contributed by atoms with Gasteiger partial charge in [-0.1, -0.05) is 13.3 Å². The smallest absolute Gasteiger partial charge is 0.311 e. The molecule has 0 amide bonds. The highest BCUT2D eigenvalue weighted by atomic mass is 16.6. The molecule has 1 saturated heterocycles. The molecule has 3 unspecified atom stereocenters. The Bertz CT molecular complexity index is 375. The van der Waals surface area contributed by atoms with Gasteiger partial charge in [0.2, 0.25) is 0 Å². The molecule has 1 aliphatic heterocycles. The fraction of sp³-hybridized carbons (Fsp3) is 0.875. The van der Waals surface area contributed by atoms with E-state index in [1.807, 2.05) is 20.8 Å². The summed E-state index contributed by atoms with van der Waals surface area (Å²) in [5.41, 5.74) is -0.436. The topological polar surface area (TPSA) is 52.6 Å². The quantitative estimate of drug-likeness (QED) is 0.743. The molecule has 0 bridgehead atoms. The van der Waals surface area contributed by atoms with Gasteiger partial charge in [-0.25, -0.2) is 0 Å². The zero-order valence-corrected chi connectivity index (χ0v) is 12.8. The maximum Gasteiger partial charge on any atom is 0.311 e. The molecule has 0 radical (unpaired) electrons. The summed E-state index contributed by atoms with van der Waals surface area (Å²) in [5, 5.41) is 0. The van der Waals surface area contributed by atoms with E-state index >= 15 is 0 Å². The highest BCUT2D eigenvalue weighted by Crippen LogP contribution is 2.36. The van der Waals surface area contributed by atoms with Crippen LogP contribution in [0.15, 0.2) is 0 Å². The second-order valence-corrected chi connectivity index (χ2v) is 6.70. The van der Waals surface area contributed by atoms with Crippen molar-refractivity contribution < 1.29 is 19.1 Å². The van der Waals surface area contributed by atoms with Crippen LogP contribution in [0, 0.1) is 11.3 Å². The Morgan fingerprint density at radius 1 is 1.30 bits per heavy atom. The molecule has 0 aromatic carbocycles. The molecule has 0 aromatic heterocycles. The summed E-state index contributed by atoms with van der Waals surface area (Å²) in [4.78, 5) is 23.6. The van der Waals surface area contributed by atoms with Crippen LogP contribution in [-0.4, -0.2) is 24.1 Å². The molecule has 0 aromatic rings. The number of hydrogen-bond acceptors (Lipinski definition) is 4. The molecule has 0 N–H and O–H groups in total. The van der Waals surface area contributed by atoms with Crippen LogP contribution in [0.2, 0.25) is 0 Å². The predicted molar refractivity (Wildman–Crippen MR) is 75.0 cm³/mol. The van der Waals surface area contributed by atoms with Gasteiger partial charge in [-0.15, -0.1) is 0 Å². The minimum absolute atomic E-state index is 0.0506. The van der Waals surface area contributed by atoms with E-state index in [2.05, 4.69) is 0 Å².